The number of aliphatic hydroxyl groups is 10. The van der Waals surface area contributed by atoms with Crippen LogP contribution in [0.4, 0.5) is 0 Å². The van der Waals surface area contributed by atoms with Gasteiger partial charge in [-0.15, -0.1) is 0 Å². The molecule has 6 saturated heterocycles. The summed E-state index contributed by atoms with van der Waals surface area (Å²) < 4.78 is 71.7. The zero-order chi connectivity index (χ0) is 68.1. The fraction of sp³-hybridized carbons (Fsp3) is 1.00. The molecule has 94 heavy (non-hydrogen) atoms. The van der Waals surface area contributed by atoms with E-state index < -0.39 is 221 Å². The summed E-state index contributed by atoms with van der Waals surface area (Å²) in [4.78, 5) is 13.8. The molecule has 0 aromatic heterocycles. The summed E-state index contributed by atoms with van der Waals surface area (Å²) >= 11 is 0. The van der Waals surface area contributed by atoms with Gasteiger partial charge in [-0.1, -0.05) is 32.5 Å². The second-order valence-electron chi connectivity index (χ2n) is 25.8. The fourth-order valence-electron chi connectivity index (χ4n) is 13.3. The fourth-order valence-corrected chi connectivity index (χ4v) is 13.3. The van der Waals surface area contributed by atoms with Gasteiger partial charge in [-0.25, -0.2) is 0 Å². The number of rotatable bonds is 23. The van der Waals surface area contributed by atoms with E-state index in [4.69, 9.17) is 102 Å². The second-order valence-corrected chi connectivity index (χ2v) is 25.8. The maximum atomic E-state index is 11.5. The first-order chi connectivity index (χ1) is 44.9. The number of nitrogens with two attached hydrogens (primary N) is 6. The Balaban J connectivity index is 0.000000226. The van der Waals surface area contributed by atoms with Crippen LogP contribution in [0, 0.1) is 5.41 Å². The average molecular weight is 1350 g/mol. The average Bonchev–Trinajstić information content (AvgIpc) is 1.43. The summed E-state index contributed by atoms with van der Waals surface area (Å²) in [5.41, 5.74) is 82.1. The highest BCUT2D eigenvalue weighted by Crippen LogP contribution is 2.53. The summed E-state index contributed by atoms with van der Waals surface area (Å²) in [6.07, 6.45) is -27.9. The van der Waals surface area contributed by atoms with E-state index >= 15 is 0 Å². The van der Waals surface area contributed by atoms with Crippen molar-refractivity contribution in [1.82, 2.24) is 0 Å². The van der Waals surface area contributed by atoms with Gasteiger partial charge in [-0.05, 0) is 97.3 Å². The maximum Gasteiger partial charge on any atom is 0.187 e. The monoisotopic (exact) mass is 1350 g/mol. The predicted octanol–water partition coefficient (Wildman–Crippen LogP) is -4.54. The Hall–Kier alpha value is -4.57. The summed E-state index contributed by atoms with van der Waals surface area (Å²) in [7, 11) is 0. The predicted molar refractivity (Wildman–Crippen MR) is 311 cm³/mol. The van der Waals surface area contributed by atoms with Gasteiger partial charge in [0.15, 0.2) is 37.7 Å². The molecule has 6 heterocycles. The molecule has 10 fully saturated rings. The first-order valence-corrected chi connectivity index (χ1v) is 31.1. The van der Waals surface area contributed by atoms with E-state index in [-0.39, 0.29) is 37.0 Å². The van der Waals surface area contributed by atoms with E-state index in [0.29, 0.717) is 25.7 Å². The first kappa shape index (κ1) is 73.7. The maximum absolute atomic E-state index is 11.5. The Morgan fingerprint density at radius 1 is 0.436 bits per heavy atom. The van der Waals surface area contributed by atoms with E-state index in [9.17, 15) is 67.7 Å². The molecule has 43 nitrogen and oxygen atoms in total. The van der Waals surface area contributed by atoms with Crippen LogP contribution in [0.2, 0.25) is 0 Å². The Labute approximate surface area is 535 Å². The standard InChI is InChI=1S/C26H39N15O11.C25H48N6O11/c1-26(4-5-26)14-3-2-9(33-38-28)23(49-14)50-20-11(35-40-30)6-10(34-39-29)16(43)22(20)52-25-19(46)21(13(8-42)48-25)51-24-15(36-41-31)18(45)17(44)12(47-24)7-32-37-27;26-6-11-16(34)17(35)14(30)23(37-11)41-20-12(7-32)38-24(18(20)36)42-21-15(33)9(28)5-10(29)19(21)40-22-8(27)1-2-13(39-22)25(31)3-4-25/h9-25,42-46H,2-8H2,1H3;8-24,32-36H,1-7,26-31H2/t9-,10-,11+,12+,13-,14+,15-,16+,17-,18-,19-,20-,21-,22-,23-,24-,25+;8-,9-,10+,11+,12-,13+,14-,15+,16-,17-,18-,19-,20-,21-,22-,23-,24+/m11/s1. The SMILES string of the molecule is CC1([C@@H]2CC[C@@H](N=[N+]=[N-])[C@@H](O[C@H]3[C@H](O[C@@H]4O[C@H](CO)[C@@H](O[C@H]5O[C@@H](CN=[N+]=[N-])[C@@H](O)[C@H](O)[C@H]5N=[N+]=[N-])[C@H]4O)[C@@H](O)[C@H](N=[N+]=[N-])C[C@@H]3N=[N+]=[N-])O2)CC1.NC[C@@H]1O[C@H](O[C@H]2[C@@H](O)[C@H](O[C@@H]3[C@@H](O)[C@H](N)C[C@H](N)[C@H]3O[C@H]3O[C@H](C4(N)CC4)CC[C@H]3N)O[C@@H]2CO)[C@H](N)[C@@H](O)[C@@H]1O. The van der Waals surface area contributed by atoms with Crippen molar-refractivity contribution in [1.29, 1.82) is 0 Å². The number of hydrogen-bond donors (Lipinski definition) is 16. The van der Waals surface area contributed by atoms with Gasteiger partial charge in [0.1, 0.15) is 85.4 Å². The van der Waals surface area contributed by atoms with Crippen molar-refractivity contribution < 1.29 is 108 Å². The van der Waals surface area contributed by atoms with Gasteiger partial charge < -0.3 is 142 Å². The summed E-state index contributed by atoms with van der Waals surface area (Å²) in [6, 6.07) is -7.90. The third kappa shape index (κ3) is 16.1. The quantitative estimate of drug-likeness (QED) is 0.0260. The molecule has 4 saturated carbocycles. The minimum absolute atomic E-state index is 0.117. The molecule has 0 unspecified atom stereocenters. The van der Waals surface area contributed by atoms with Crippen molar-refractivity contribution in [3.8, 4) is 0 Å². The zero-order valence-electron chi connectivity index (χ0n) is 51.1. The van der Waals surface area contributed by atoms with Gasteiger partial charge in [0, 0.05) is 48.7 Å². The number of nitrogens with zero attached hydrogens (tertiary/aromatic N) is 15. The Bertz CT molecular complexity index is 2770. The highest BCUT2D eigenvalue weighted by atomic mass is 16.8. The molecule has 0 amide bonds. The van der Waals surface area contributed by atoms with Gasteiger partial charge >= 0.3 is 0 Å². The molecule has 34 atom stereocenters. The van der Waals surface area contributed by atoms with Gasteiger partial charge in [0.25, 0.3) is 0 Å². The van der Waals surface area contributed by atoms with Gasteiger partial charge in [0.2, 0.25) is 0 Å². The van der Waals surface area contributed by atoms with Crippen molar-refractivity contribution in [3.05, 3.63) is 52.2 Å². The topological polar surface area (TPSA) is 713 Å². The highest BCUT2D eigenvalue weighted by molar-refractivity contribution is 5.09. The number of aliphatic hydroxyl groups excluding tert-OH is 10. The van der Waals surface area contributed by atoms with Gasteiger partial charge in [-0.3, -0.25) is 0 Å². The zero-order valence-corrected chi connectivity index (χ0v) is 51.1. The van der Waals surface area contributed by atoms with E-state index in [2.05, 4.69) is 57.1 Å². The normalized spacial score (nSPS) is 47.8. The molecule has 10 aliphatic rings. The lowest BCUT2D eigenvalue weighted by Crippen LogP contribution is -2.66. The van der Waals surface area contributed by atoms with Crippen LogP contribution in [0.5, 0.6) is 0 Å². The van der Waals surface area contributed by atoms with Crippen LogP contribution in [-0.4, -0.2) is 291 Å². The van der Waals surface area contributed by atoms with Crippen LogP contribution >= 0.6 is 0 Å². The third-order valence-corrected chi connectivity index (χ3v) is 19.5. The summed E-state index contributed by atoms with van der Waals surface area (Å²) in [6.45, 7) is 0.0905. The van der Waals surface area contributed by atoms with Gasteiger partial charge in [-0.2, -0.15) is 0 Å². The Morgan fingerprint density at radius 3 is 1.52 bits per heavy atom. The molecule has 6 aliphatic heterocycles. The van der Waals surface area contributed by atoms with Crippen molar-refractivity contribution in [2.75, 3.05) is 26.3 Å². The smallest absolute Gasteiger partial charge is 0.187 e. The van der Waals surface area contributed by atoms with Crippen LogP contribution in [0.25, 0.3) is 52.2 Å². The number of ether oxygens (including phenoxy) is 12. The Kier molecular flexibility index (Phi) is 25.0. The van der Waals surface area contributed by atoms with E-state index in [1.54, 1.807) is 0 Å². The lowest BCUT2D eigenvalue weighted by molar-refractivity contribution is -0.292. The molecule has 4 aliphatic carbocycles. The summed E-state index contributed by atoms with van der Waals surface area (Å²) in [5.74, 6) is 0. The molecule has 0 spiro atoms. The number of hydrogen-bond acceptors (Lipinski definition) is 33. The Morgan fingerprint density at radius 2 is 0.947 bits per heavy atom. The third-order valence-electron chi connectivity index (χ3n) is 19.5. The van der Waals surface area contributed by atoms with Crippen molar-refractivity contribution in [3.63, 3.8) is 0 Å². The van der Waals surface area contributed by atoms with E-state index in [0.717, 1.165) is 25.7 Å². The molecule has 43 heteroatoms. The lowest BCUT2D eigenvalue weighted by Gasteiger charge is -2.46. The largest absolute Gasteiger partial charge is 0.394 e. The van der Waals surface area contributed by atoms with Crippen LogP contribution in [0.15, 0.2) is 25.6 Å². The highest BCUT2D eigenvalue weighted by Gasteiger charge is 2.58. The molecule has 528 valence electrons. The second kappa shape index (κ2) is 32.0. The first-order valence-electron chi connectivity index (χ1n) is 31.1. The molecular weight excluding hydrogens is 1260 g/mol. The van der Waals surface area contributed by atoms with Gasteiger partial charge in [0.05, 0.1) is 92.7 Å². The lowest BCUT2D eigenvalue weighted by atomic mass is 9.84. The molecule has 0 aromatic carbocycles. The van der Waals surface area contributed by atoms with Crippen LogP contribution < -0.4 is 34.4 Å². The van der Waals surface area contributed by atoms with Crippen LogP contribution in [0.1, 0.15) is 71.1 Å². The molecule has 0 aromatic rings. The van der Waals surface area contributed by atoms with Crippen LogP contribution in [-0.2, 0) is 56.8 Å². The number of azide groups is 5. The molecule has 0 radical (unpaired) electrons. The molecule has 22 N–H and O–H groups in total. The van der Waals surface area contributed by atoms with E-state index in [1.807, 2.05) is 0 Å². The summed E-state index contributed by atoms with van der Waals surface area (Å²) in [5, 5.41) is 125. The minimum Gasteiger partial charge on any atom is -0.394 e. The van der Waals surface area contributed by atoms with Crippen molar-refractivity contribution in [2.45, 2.75) is 285 Å². The molecular formula is C51H87N21O22. The molecule has 10 rings (SSSR count). The molecule has 0 bridgehead atoms. The van der Waals surface area contributed by atoms with Crippen LogP contribution in [0.3, 0.4) is 0 Å². The minimum atomic E-state index is -1.81. The van der Waals surface area contributed by atoms with Crippen molar-refractivity contribution >= 4 is 0 Å². The van der Waals surface area contributed by atoms with E-state index in [1.165, 1.54) is 0 Å². The van der Waals surface area contributed by atoms with Crippen molar-refractivity contribution in [2.24, 2.45) is 65.4 Å².